The lowest BCUT2D eigenvalue weighted by Crippen LogP contribution is -2.36. The first-order valence-corrected chi connectivity index (χ1v) is 8.34. The molecule has 1 N–H and O–H groups in total. The summed E-state index contributed by atoms with van der Waals surface area (Å²) in [7, 11) is 0. The molecule has 3 rings (SSSR count). The zero-order valence-corrected chi connectivity index (χ0v) is 13.9. The Labute approximate surface area is 146 Å². The highest BCUT2D eigenvalue weighted by Gasteiger charge is 2.22. The number of rotatable bonds is 5. The Morgan fingerprint density at radius 1 is 1.20 bits per heavy atom. The van der Waals surface area contributed by atoms with Crippen molar-refractivity contribution in [3.63, 3.8) is 0 Å². The Balaban J connectivity index is 1.49. The van der Waals surface area contributed by atoms with Crippen LogP contribution in [0.2, 0.25) is 0 Å². The monoisotopic (exact) mass is 336 g/mol. The van der Waals surface area contributed by atoms with Crippen LogP contribution in [0.5, 0.6) is 0 Å². The summed E-state index contributed by atoms with van der Waals surface area (Å²) in [6.45, 7) is 0.705. The minimum absolute atomic E-state index is 0.0291. The molecule has 0 unspecified atom stereocenters. The number of aromatic nitrogens is 1. The lowest BCUT2D eigenvalue weighted by molar-refractivity contribution is -0.125. The van der Waals surface area contributed by atoms with Crippen LogP contribution < -0.4 is 10.3 Å². The first kappa shape index (κ1) is 16.8. The van der Waals surface area contributed by atoms with Crippen molar-refractivity contribution >= 4 is 23.7 Å². The maximum Gasteiger partial charge on any atom is 0.240 e. The summed E-state index contributed by atoms with van der Waals surface area (Å²) in [5, 5.41) is 3.88. The molecule has 0 bridgehead atoms. The van der Waals surface area contributed by atoms with E-state index in [9.17, 15) is 9.59 Å². The fourth-order valence-corrected chi connectivity index (χ4v) is 2.84. The highest BCUT2D eigenvalue weighted by atomic mass is 16.2. The Bertz CT molecular complexity index is 774. The maximum atomic E-state index is 12.5. The van der Waals surface area contributed by atoms with Crippen LogP contribution >= 0.6 is 0 Å². The number of benzene rings is 1. The summed E-state index contributed by atoms with van der Waals surface area (Å²) >= 11 is 0. The summed E-state index contributed by atoms with van der Waals surface area (Å²) in [6, 6.07) is 11.6. The van der Waals surface area contributed by atoms with Crippen LogP contribution in [0.1, 0.15) is 30.4 Å². The van der Waals surface area contributed by atoms with E-state index in [4.69, 9.17) is 0 Å². The van der Waals surface area contributed by atoms with E-state index in [1.165, 1.54) is 11.8 Å². The van der Waals surface area contributed by atoms with E-state index in [2.05, 4.69) is 21.6 Å². The number of nitrogens with one attached hydrogen (secondary N) is 1. The van der Waals surface area contributed by atoms with E-state index in [0.717, 1.165) is 24.1 Å². The van der Waals surface area contributed by atoms with Crippen molar-refractivity contribution < 1.29 is 9.59 Å². The minimum Gasteiger partial charge on any atom is -0.312 e. The summed E-state index contributed by atoms with van der Waals surface area (Å²) in [5.41, 5.74) is 5.39. The molecule has 0 aliphatic carbocycles. The van der Waals surface area contributed by atoms with Gasteiger partial charge in [0.2, 0.25) is 11.8 Å². The molecule has 6 heteroatoms. The number of aryl methyl sites for hydroxylation is 1. The van der Waals surface area contributed by atoms with Gasteiger partial charge in [0.1, 0.15) is 0 Å². The number of carbonyl (C=O) groups excluding carboxylic acids is 2. The molecule has 0 spiro atoms. The zero-order chi connectivity index (χ0) is 17.5. The fraction of sp³-hybridized carbons (Fsp3) is 0.263. The predicted octanol–water partition coefficient (Wildman–Crippen LogP) is 2.29. The number of hydrogen-bond donors (Lipinski definition) is 1. The van der Waals surface area contributed by atoms with Crippen LogP contribution in [0.3, 0.4) is 0 Å². The van der Waals surface area contributed by atoms with Gasteiger partial charge in [-0.05, 0) is 30.5 Å². The molecule has 0 fully saturated rings. The van der Waals surface area contributed by atoms with Crippen LogP contribution in [-0.4, -0.2) is 29.6 Å². The smallest absolute Gasteiger partial charge is 0.240 e. The highest BCUT2D eigenvalue weighted by molar-refractivity contribution is 5.96. The van der Waals surface area contributed by atoms with Crippen molar-refractivity contribution in [3.8, 4) is 0 Å². The first-order chi connectivity index (χ1) is 12.2. The predicted molar refractivity (Wildman–Crippen MR) is 96.3 cm³/mol. The molecule has 1 aliphatic heterocycles. The molecule has 0 saturated heterocycles. The summed E-state index contributed by atoms with van der Waals surface area (Å²) < 4.78 is 0. The SMILES string of the molecule is O=C(CCC(=O)N1CCCc2ccccc21)NN=Cc1cccnc1. The van der Waals surface area contributed by atoms with Gasteiger partial charge in [-0.1, -0.05) is 24.3 Å². The standard InChI is InChI=1S/C19H20N4O2/c24-18(22-21-14-15-5-3-11-20-13-15)9-10-19(25)23-12-4-7-16-6-1-2-8-17(16)23/h1-3,5-6,8,11,13-14H,4,7,9-10,12H2,(H,22,24). The lowest BCUT2D eigenvalue weighted by atomic mass is 10.0. The molecule has 0 atom stereocenters. The molecule has 2 amide bonds. The second-order valence-corrected chi connectivity index (χ2v) is 5.86. The van der Waals surface area contributed by atoms with Gasteiger partial charge in [-0.25, -0.2) is 5.43 Å². The Morgan fingerprint density at radius 3 is 2.92 bits per heavy atom. The molecule has 1 aliphatic rings. The van der Waals surface area contributed by atoms with E-state index in [1.807, 2.05) is 24.3 Å². The molecule has 2 heterocycles. The van der Waals surface area contributed by atoms with Gasteiger partial charge in [0.05, 0.1) is 6.21 Å². The number of amides is 2. The number of hydrogen-bond acceptors (Lipinski definition) is 4. The largest absolute Gasteiger partial charge is 0.312 e. The average molecular weight is 336 g/mol. The number of hydrazone groups is 1. The van der Waals surface area contributed by atoms with E-state index < -0.39 is 0 Å². The third-order valence-corrected chi connectivity index (χ3v) is 4.06. The van der Waals surface area contributed by atoms with Gasteiger partial charge in [0.25, 0.3) is 0 Å². The number of nitrogens with zero attached hydrogens (tertiary/aromatic N) is 3. The molecular weight excluding hydrogens is 316 g/mol. The van der Waals surface area contributed by atoms with Gasteiger partial charge in [0, 0.05) is 43.0 Å². The van der Waals surface area contributed by atoms with Gasteiger partial charge in [0.15, 0.2) is 0 Å². The van der Waals surface area contributed by atoms with E-state index in [-0.39, 0.29) is 24.7 Å². The molecule has 1 aromatic carbocycles. The molecule has 2 aromatic rings. The van der Waals surface area contributed by atoms with Crippen LogP contribution in [-0.2, 0) is 16.0 Å². The number of para-hydroxylation sites is 1. The van der Waals surface area contributed by atoms with Crippen molar-refractivity contribution in [3.05, 3.63) is 59.9 Å². The van der Waals surface area contributed by atoms with Crippen LogP contribution in [0.4, 0.5) is 5.69 Å². The number of carbonyl (C=O) groups is 2. The van der Waals surface area contributed by atoms with Gasteiger partial charge < -0.3 is 4.90 Å². The van der Waals surface area contributed by atoms with Gasteiger partial charge in [-0.15, -0.1) is 0 Å². The third-order valence-electron chi connectivity index (χ3n) is 4.06. The van der Waals surface area contributed by atoms with Crippen molar-refractivity contribution in [1.82, 2.24) is 10.4 Å². The molecule has 0 saturated carbocycles. The number of anilines is 1. The number of fused-ring (bicyclic) bond motifs is 1. The van der Waals surface area contributed by atoms with E-state index >= 15 is 0 Å². The van der Waals surface area contributed by atoms with Crippen LogP contribution in [0, 0.1) is 0 Å². The fourth-order valence-electron chi connectivity index (χ4n) is 2.84. The number of pyridine rings is 1. The van der Waals surface area contributed by atoms with Gasteiger partial charge in [-0.2, -0.15) is 5.10 Å². The Kier molecular flexibility index (Phi) is 5.51. The average Bonchev–Trinajstić information content (AvgIpc) is 2.66. The lowest BCUT2D eigenvalue weighted by Gasteiger charge is -2.29. The Morgan fingerprint density at radius 2 is 2.08 bits per heavy atom. The molecule has 1 aromatic heterocycles. The van der Waals surface area contributed by atoms with Gasteiger partial charge in [-0.3, -0.25) is 14.6 Å². The Hall–Kier alpha value is -3.02. The van der Waals surface area contributed by atoms with Crippen molar-refractivity contribution in [2.45, 2.75) is 25.7 Å². The minimum atomic E-state index is -0.279. The second-order valence-electron chi connectivity index (χ2n) is 5.86. The molecule has 25 heavy (non-hydrogen) atoms. The summed E-state index contributed by atoms with van der Waals surface area (Å²) in [4.78, 5) is 30.1. The highest BCUT2D eigenvalue weighted by Crippen LogP contribution is 2.27. The van der Waals surface area contributed by atoms with Crippen LogP contribution in [0.15, 0.2) is 53.9 Å². The maximum absolute atomic E-state index is 12.5. The topological polar surface area (TPSA) is 74.7 Å². The quantitative estimate of drug-likeness (QED) is 0.672. The summed E-state index contributed by atoms with van der Waals surface area (Å²) in [5.74, 6) is -0.308. The molecule has 128 valence electrons. The van der Waals surface area contributed by atoms with Crippen molar-refractivity contribution in [1.29, 1.82) is 0 Å². The van der Waals surface area contributed by atoms with Gasteiger partial charge >= 0.3 is 0 Å². The van der Waals surface area contributed by atoms with E-state index in [0.29, 0.717) is 6.54 Å². The molecule has 6 nitrogen and oxygen atoms in total. The van der Waals surface area contributed by atoms with Crippen molar-refractivity contribution in [2.75, 3.05) is 11.4 Å². The van der Waals surface area contributed by atoms with Crippen LogP contribution in [0.25, 0.3) is 0 Å². The molecule has 0 radical (unpaired) electrons. The second kappa shape index (κ2) is 8.19. The summed E-state index contributed by atoms with van der Waals surface area (Å²) in [6.07, 6.45) is 7.05. The normalized spacial score (nSPS) is 13.5. The molecular formula is C19H20N4O2. The van der Waals surface area contributed by atoms with Crippen molar-refractivity contribution in [2.24, 2.45) is 5.10 Å². The van der Waals surface area contributed by atoms with E-state index in [1.54, 1.807) is 23.4 Å². The zero-order valence-electron chi connectivity index (χ0n) is 13.9. The first-order valence-electron chi connectivity index (χ1n) is 8.34. The third kappa shape index (κ3) is 4.50.